The minimum atomic E-state index is -0.0867. The summed E-state index contributed by atoms with van der Waals surface area (Å²) < 4.78 is 7.45. The molecule has 1 amide bonds. The summed E-state index contributed by atoms with van der Waals surface area (Å²) in [5.41, 5.74) is 5.13. The van der Waals surface area contributed by atoms with Gasteiger partial charge < -0.3 is 19.8 Å². The number of pyridine rings is 2. The third-order valence-electron chi connectivity index (χ3n) is 6.71. The van der Waals surface area contributed by atoms with Crippen molar-refractivity contribution in [2.24, 2.45) is 5.92 Å². The Morgan fingerprint density at radius 3 is 2.80 bits per heavy atom. The number of anilines is 2. The number of imidazole rings is 1. The first kappa shape index (κ1) is 21.9. The second-order valence-electron chi connectivity index (χ2n) is 9.36. The summed E-state index contributed by atoms with van der Waals surface area (Å²) in [4.78, 5) is 22.0. The van der Waals surface area contributed by atoms with Crippen molar-refractivity contribution in [3.8, 4) is 5.88 Å². The van der Waals surface area contributed by atoms with Crippen LogP contribution in [0.15, 0.2) is 60.9 Å². The Morgan fingerprint density at radius 1 is 1.11 bits per heavy atom. The van der Waals surface area contributed by atoms with Gasteiger partial charge in [-0.25, -0.2) is 4.98 Å². The predicted octanol–water partition coefficient (Wildman–Crippen LogP) is 5.62. The number of nitrogens with one attached hydrogen (secondary N) is 2. The largest absolute Gasteiger partial charge is 0.481 e. The molecule has 2 unspecified atom stereocenters. The van der Waals surface area contributed by atoms with Crippen LogP contribution in [0.3, 0.4) is 0 Å². The van der Waals surface area contributed by atoms with Crippen molar-refractivity contribution in [1.82, 2.24) is 14.4 Å². The van der Waals surface area contributed by atoms with Crippen LogP contribution in [-0.2, 0) is 11.3 Å². The highest BCUT2D eigenvalue weighted by Crippen LogP contribution is 2.48. The fraction of sp³-hybridized carbons (Fsp3) is 0.296. The van der Waals surface area contributed by atoms with Crippen molar-refractivity contribution in [2.45, 2.75) is 37.6 Å². The Kier molecular flexibility index (Phi) is 5.57. The molecule has 2 fully saturated rings. The van der Waals surface area contributed by atoms with Crippen LogP contribution < -0.4 is 15.4 Å². The summed E-state index contributed by atoms with van der Waals surface area (Å²) in [5, 5.41) is 7.02. The molecule has 2 aliphatic rings. The molecule has 35 heavy (non-hydrogen) atoms. The van der Waals surface area contributed by atoms with Gasteiger partial charge in [0.2, 0.25) is 11.8 Å². The van der Waals surface area contributed by atoms with E-state index in [4.69, 9.17) is 21.3 Å². The van der Waals surface area contributed by atoms with Gasteiger partial charge in [-0.1, -0.05) is 29.8 Å². The van der Waals surface area contributed by atoms with Gasteiger partial charge in [-0.3, -0.25) is 4.79 Å². The third kappa shape index (κ3) is 4.82. The molecule has 2 saturated carbocycles. The second-order valence-corrected chi connectivity index (χ2v) is 9.80. The minimum absolute atomic E-state index is 0.0477. The topological polar surface area (TPSA) is 80.5 Å². The number of rotatable bonds is 8. The first-order chi connectivity index (χ1) is 17.1. The number of ether oxygens (including phenoxy) is 1. The first-order valence-corrected chi connectivity index (χ1v) is 12.3. The van der Waals surface area contributed by atoms with Crippen LogP contribution in [0.1, 0.15) is 47.9 Å². The number of carbonyl (C=O) groups is 1. The molecule has 0 saturated heterocycles. The Morgan fingerprint density at radius 2 is 2.00 bits per heavy atom. The number of hydrogen-bond acceptors (Lipinski definition) is 5. The number of amides is 1. The number of benzene rings is 1. The lowest BCUT2D eigenvalue weighted by atomic mass is 10.1. The number of halogens is 1. The second kappa shape index (κ2) is 8.89. The average Bonchev–Trinajstić information content (AvgIpc) is 3.78. The van der Waals surface area contributed by atoms with E-state index in [1.54, 1.807) is 7.11 Å². The number of carbonyl (C=O) groups excluding carboxylic acids is 1. The summed E-state index contributed by atoms with van der Waals surface area (Å²) in [6.45, 7) is 0.542. The summed E-state index contributed by atoms with van der Waals surface area (Å²) in [5.74, 6) is 1.64. The van der Waals surface area contributed by atoms with Gasteiger partial charge in [-0.05, 0) is 60.4 Å². The van der Waals surface area contributed by atoms with Gasteiger partial charge in [0.05, 0.1) is 19.3 Å². The molecule has 0 aliphatic heterocycles. The summed E-state index contributed by atoms with van der Waals surface area (Å²) in [7, 11) is 1.56. The Balaban J connectivity index is 1.12. The molecule has 3 aromatic heterocycles. The molecule has 0 radical (unpaired) electrons. The fourth-order valence-corrected chi connectivity index (χ4v) is 4.78. The van der Waals surface area contributed by atoms with Gasteiger partial charge in [0.15, 0.2) is 0 Å². The molecule has 2 aliphatic carbocycles. The van der Waals surface area contributed by atoms with Crippen molar-refractivity contribution in [3.05, 3.63) is 82.8 Å². The number of nitrogens with zero attached hydrogens (tertiary/aromatic N) is 3. The monoisotopic (exact) mass is 487 g/mol. The highest BCUT2D eigenvalue weighted by molar-refractivity contribution is 6.30. The van der Waals surface area contributed by atoms with Gasteiger partial charge in [-0.15, -0.1) is 0 Å². The van der Waals surface area contributed by atoms with Crippen LogP contribution >= 0.6 is 11.6 Å². The van der Waals surface area contributed by atoms with E-state index < -0.39 is 0 Å². The van der Waals surface area contributed by atoms with E-state index in [-0.39, 0.29) is 17.7 Å². The number of fused-ring (bicyclic) bond motifs is 1. The van der Waals surface area contributed by atoms with Crippen molar-refractivity contribution in [1.29, 1.82) is 0 Å². The van der Waals surface area contributed by atoms with Crippen molar-refractivity contribution in [3.63, 3.8) is 0 Å². The number of aromatic nitrogens is 3. The molecule has 4 aromatic rings. The van der Waals surface area contributed by atoms with E-state index in [0.717, 1.165) is 29.0 Å². The van der Waals surface area contributed by atoms with Crippen LogP contribution in [0.5, 0.6) is 5.88 Å². The van der Waals surface area contributed by atoms with E-state index in [1.807, 2.05) is 36.4 Å². The normalized spacial score (nSPS) is 18.9. The zero-order valence-electron chi connectivity index (χ0n) is 19.4. The number of methoxy groups -OCH3 is 1. The number of hydrogen-bond donors (Lipinski definition) is 2. The molecule has 0 spiro atoms. The Labute approximate surface area is 208 Å². The quantitative estimate of drug-likeness (QED) is 0.337. The molecule has 1 aromatic carbocycles. The highest BCUT2D eigenvalue weighted by atomic mass is 35.5. The predicted molar refractivity (Wildman–Crippen MR) is 136 cm³/mol. The van der Waals surface area contributed by atoms with Gasteiger partial charge >= 0.3 is 0 Å². The van der Waals surface area contributed by atoms with E-state index in [2.05, 4.69) is 44.5 Å². The van der Waals surface area contributed by atoms with Gasteiger partial charge in [0.25, 0.3) is 0 Å². The maximum absolute atomic E-state index is 12.9. The standard InChI is InChI=1S/C27H26ClN5O2/c1-35-26-11-20(29-13-21-15-33-14-18(16-5-6-16)7-8-25(33)30-21)10-24(31-26)32-27(34)23-12-22(23)17-3-2-4-19(28)9-17/h2-4,7-11,14-16,22-23H,5-6,12-13H2,1H3,(H2,29,31,32,34). The zero-order valence-corrected chi connectivity index (χ0v) is 20.1. The molecular weight excluding hydrogens is 462 g/mol. The van der Waals surface area contributed by atoms with Crippen LogP contribution in [0, 0.1) is 5.92 Å². The average molecular weight is 488 g/mol. The van der Waals surface area contributed by atoms with E-state index in [1.165, 1.54) is 18.4 Å². The molecule has 6 rings (SSSR count). The molecule has 7 nitrogen and oxygen atoms in total. The molecule has 8 heteroatoms. The van der Waals surface area contributed by atoms with Gasteiger partial charge in [0.1, 0.15) is 11.5 Å². The SMILES string of the molecule is COc1cc(NCc2cn3cc(C4CC4)ccc3n2)cc(NC(=O)C2CC2c2cccc(Cl)c2)n1. The lowest BCUT2D eigenvalue weighted by molar-refractivity contribution is -0.117. The van der Waals surface area contributed by atoms with Crippen molar-refractivity contribution in [2.75, 3.05) is 17.7 Å². The smallest absolute Gasteiger partial charge is 0.229 e. The molecule has 0 bridgehead atoms. The van der Waals surface area contributed by atoms with Crippen molar-refractivity contribution < 1.29 is 9.53 Å². The summed E-state index contributed by atoms with van der Waals surface area (Å²) in [6, 6.07) is 15.6. The minimum Gasteiger partial charge on any atom is -0.481 e. The van der Waals surface area contributed by atoms with E-state index in [9.17, 15) is 4.79 Å². The third-order valence-corrected chi connectivity index (χ3v) is 6.95. The van der Waals surface area contributed by atoms with E-state index in [0.29, 0.717) is 29.2 Å². The molecule has 2 atom stereocenters. The van der Waals surface area contributed by atoms with Crippen LogP contribution in [-0.4, -0.2) is 27.4 Å². The first-order valence-electron chi connectivity index (χ1n) is 11.9. The van der Waals surface area contributed by atoms with Crippen LogP contribution in [0.25, 0.3) is 5.65 Å². The Hall–Kier alpha value is -3.58. The lowest BCUT2D eigenvalue weighted by Crippen LogP contribution is -2.16. The molecule has 3 heterocycles. The van der Waals surface area contributed by atoms with Crippen LogP contribution in [0.2, 0.25) is 5.02 Å². The fourth-order valence-electron chi connectivity index (χ4n) is 4.58. The zero-order chi connectivity index (χ0) is 23.9. The van der Waals surface area contributed by atoms with Gasteiger partial charge in [-0.2, -0.15) is 4.98 Å². The maximum atomic E-state index is 12.9. The van der Waals surface area contributed by atoms with Crippen LogP contribution in [0.4, 0.5) is 11.5 Å². The maximum Gasteiger partial charge on any atom is 0.229 e. The van der Waals surface area contributed by atoms with Crippen molar-refractivity contribution >= 4 is 34.7 Å². The lowest BCUT2D eigenvalue weighted by Gasteiger charge is -2.11. The van der Waals surface area contributed by atoms with Gasteiger partial charge in [0, 0.05) is 41.2 Å². The van der Waals surface area contributed by atoms with E-state index >= 15 is 0 Å². The molecule has 178 valence electrons. The Bertz CT molecular complexity index is 1410. The highest BCUT2D eigenvalue weighted by Gasteiger charge is 2.44. The summed E-state index contributed by atoms with van der Waals surface area (Å²) in [6.07, 6.45) is 7.59. The summed E-state index contributed by atoms with van der Waals surface area (Å²) >= 11 is 6.11. The molecular formula is C27H26ClN5O2. The molecule has 2 N–H and O–H groups in total.